The first-order chi connectivity index (χ1) is 19.0. The SMILES string of the molecule is Cc1ccc2nc(/C(C#N)=C(/CCCO)NC(Cc3ccccc3)C(=O)OCc3ccccc3)[nH]c(=O)c2c1. The predicted octanol–water partition coefficient (Wildman–Crippen LogP) is 4.18. The first-order valence-corrected chi connectivity index (χ1v) is 12.7. The number of nitrogens with one attached hydrogen (secondary N) is 2. The smallest absolute Gasteiger partial charge is 0.329 e. The van der Waals surface area contributed by atoms with E-state index in [1.165, 1.54) is 0 Å². The summed E-state index contributed by atoms with van der Waals surface area (Å²) in [5.41, 5.74) is 3.25. The summed E-state index contributed by atoms with van der Waals surface area (Å²) in [6, 6.07) is 25.5. The quantitative estimate of drug-likeness (QED) is 0.199. The van der Waals surface area contributed by atoms with Gasteiger partial charge in [-0.1, -0.05) is 72.3 Å². The molecule has 198 valence electrons. The topological polar surface area (TPSA) is 128 Å². The lowest BCUT2D eigenvalue weighted by atomic mass is 10.0. The van der Waals surface area contributed by atoms with E-state index >= 15 is 0 Å². The lowest BCUT2D eigenvalue weighted by Crippen LogP contribution is -2.40. The van der Waals surface area contributed by atoms with Crippen molar-refractivity contribution in [3.05, 3.63) is 117 Å². The number of carbonyl (C=O) groups is 1. The molecule has 8 nitrogen and oxygen atoms in total. The third kappa shape index (κ3) is 7.18. The number of ether oxygens (including phenoxy) is 1. The molecule has 3 N–H and O–H groups in total. The average Bonchev–Trinajstić information content (AvgIpc) is 2.96. The molecule has 3 aromatic carbocycles. The zero-order valence-electron chi connectivity index (χ0n) is 21.7. The first kappa shape index (κ1) is 27.3. The van der Waals surface area contributed by atoms with E-state index in [9.17, 15) is 20.0 Å². The molecule has 0 aliphatic rings. The van der Waals surface area contributed by atoms with Gasteiger partial charge in [-0.05, 0) is 43.0 Å². The van der Waals surface area contributed by atoms with Crippen LogP contribution in [-0.4, -0.2) is 33.7 Å². The Labute approximate surface area is 226 Å². The van der Waals surface area contributed by atoms with Gasteiger partial charge >= 0.3 is 5.97 Å². The van der Waals surface area contributed by atoms with Crippen molar-refractivity contribution in [1.82, 2.24) is 15.3 Å². The number of nitrogens with zero attached hydrogens (tertiary/aromatic N) is 2. The number of hydrogen-bond donors (Lipinski definition) is 3. The number of H-pyrrole nitrogens is 1. The molecule has 0 aliphatic carbocycles. The number of nitriles is 1. The van der Waals surface area contributed by atoms with Crippen LogP contribution in [0.15, 0.2) is 89.4 Å². The molecule has 4 rings (SSSR count). The molecule has 1 atom stereocenters. The summed E-state index contributed by atoms with van der Waals surface area (Å²) in [5, 5.41) is 23.3. The van der Waals surface area contributed by atoms with Gasteiger partial charge in [0.15, 0.2) is 5.82 Å². The molecular weight excluding hydrogens is 492 g/mol. The second kappa shape index (κ2) is 13.2. The van der Waals surface area contributed by atoms with Crippen LogP contribution in [0.1, 0.15) is 35.4 Å². The normalized spacial score (nSPS) is 12.3. The Bertz CT molecular complexity index is 1560. The molecule has 1 unspecified atom stereocenters. The fourth-order valence-corrected chi connectivity index (χ4v) is 4.24. The lowest BCUT2D eigenvalue weighted by molar-refractivity contribution is -0.147. The third-order valence-corrected chi connectivity index (χ3v) is 6.24. The number of aliphatic hydroxyl groups excluding tert-OH is 1. The number of esters is 1. The largest absolute Gasteiger partial charge is 0.459 e. The summed E-state index contributed by atoms with van der Waals surface area (Å²) in [4.78, 5) is 33.4. The Morgan fingerprint density at radius 1 is 1.08 bits per heavy atom. The standard InChI is InChI=1S/C31H30N4O4/c1-21-14-15-27-24(17-21)30(37)35-29(34-27)25(19-32)26(13-8-16-36)33-28(18-22-9-4-2-5-10-22)31(38)39-20-23-11-6-3-7-12-23/h2-7,9-12,14-15,17,28,33,36H,8,13,16,18,20H2,1H3,(H,34,35,37)/b26-25-. The van der Waals surface area contributed by atoms with Crippen molar-refractivity contribution in [2.75, 3.05) is 6.61 Å². The highest BCUT2D eigenvalue weighted by Gasteiger charge is 2.24. The molecule has 39 heavy (non-hydrogen) atoms. The van der Waals surface area contributed by atoms with Crippen LogP contribution in [0.4, 0.5) is 0 Å². The molecule has 1 heterocycles. The van der Waals surface area contributed by atoms with E-state index in [0.717, 1.165) is 16.7 Å². The van der Waals surface area contributed by atoms with Gasteiger partial charge < -0.3 is 20.1 Å². The van der Waals surface area contributed by atoms with E-state index in [1.807, 2.05) is 73.7 Å². The van der Waals surface area contributed by atoms with Crippen LogP contribution in [0.25, 0.3) is 16.5 Å². The molecule has 1 aromatic heterocycles. The van der Waals surface area contributed by atoms with Crippen molar-refractivity contribution in [1.29, 1.82) is 5.26 Å². The molecule has 0 aliphatic heterocycles. The number of carbonyl (C=O) groups excluding carboxylic acids is 1. The minimum Gasteiger partial charge on any atom is -0.459 e. The summed E-state index contributed by atoms with van der Waals surface area (Å²) in [7, 11) is 0. The predicted molar refractivity (Wildman–Crippen MR) is 149 cm³/mol. The van der Waals surface area contributed by atoms with Crippen LogP contribution in [0, 0.1) is 18.3 Å². The Hall–Kier alpha value is -4.74. The first-order valence-electron chi connectivity index (χ1n) is 12.7. The molecule has 0 fully saturated rings. The Morgan fingerprint density at radius 2 is 1.77 bits per heavy atom. The van der Waals surface area contributed by atoms with E-state index in [1.54, 1.807) is 12.1 Å². The highest BCUT2D eigenvalue weighted by Crippen LogP contribution is 2.20. The molecule has 0 saturated carbocycles. The van der Waals surface area contributed by atoms with Gasteiger partial charge in [0, 0.05) is 18.7 Å². The number of fused-ring (bicyclic) bond motifs is 1. The van der Waals surface area contributed by atoms with Gasteiger partial charge in [-0.2, -0.15) is 5.26 Å². The van der Waals surface area contributed by atoms with Gasteiger partial charge in [0.2, 0.25) is 0 Å². The highest BCUT2D eigenvalue weighted by atomic mass is 16.5. The highest BCUT2D eigenvalue weighted by molar-refractivity contribution is 5.83. The molecule has 8 heteroatoms. The number of rotatable bonds is 11. The molecule has 0 spiro atoms. The number of hydrogen-bond acceptors (Lipinski definition) is 7. The fraction of sp³-hybridized carbons (Fsp3) is 0.226. The van der Waals surface area contributed by atoms with Crippen LogP contribution < -0.4 is 10.9 Å². The summed E-state index contributed by atoms with van der Waals surface area (Å²) in [6.45, 7) is 1.87. The van der Waals surface area contributed by atoms with Crippen LogP contribution in [0.3, 0.4) is 0 Å². The lowest BCUT2D eigenvalue weighted by Gasteiger charge is -2.22. The number of allylic oxidation sites excluding steroid dienone is 2. The van der Waals surface area contributed by atoms with Crippen molar-refractivity contribution in [3.8, 4) is 6.07 Å². The fourth-order valence-electron chi connectivity index (χ4n) is 4.24. The number of aryl methyl sites for hydroxylation is 1. The Kier molecular flexibility index (Phi) is 9.22. The number of aromatic nitrogens is 2. The van der Waals surface area contributed by atoms with Crippen molar-refractivity contribution in [2.24, 2.45) is 0 Å². The maximum Gasteiger partial charge on any atom is 0.329 e. The summed E-state index contributed by atoms with van der Waals surface area (Å²) >= 11 is 0. The van der Waals surface area contributed by atoms with Gasteiger partial charge in [0.1, 0.15) is 24.3 Å². The number of benzene rings is 3. The van der Waals surface area contributed by atoms with E-state index in [0.29, 0.717) is 29.4 Å². The number of aliphatic hydroxyl groups is 1. The molecule has 0 bridgehead atoms. The summed E-state index contributed by atoms with van der Waals surface area (Å²) < 4.78 is 5.65. The second-order valence-electron chi connectivity index (χ2n) is 9.21. The van der Waals surface area contributed by atoms with Crippen LogP contribution in [0.5, 0.6) is 0 Å². The van der Waals surface area contributed by atoms with Crippen molar-refractivity contribution in [3.63, 3.8) is 0 Å². The Morgan fingerprint density at radius 3 is 2.44 bits per heavy atom. The van der Waals surface area contributed by atoms with E-state index in [2.05, 4.69) is 21.4 Å². The minimum atomic E-state index is -0.831. The molecule has 4 aromatic rings. The van der Waals surface area contributed by atoms with Crippen LogP contribution in [0.2, 0.25) is 0 Å². The van der Waals surface area contributed by atoms with Crippen molar-refractivity contribution >= 4 is 22.4 Å². The van der Waals surface area contributed by atoms with E-state index < -0.39 is 12.0 Å². The average molecular weight is 523 g/mol. The van der Waals surface area contributed by atoms with Gasteiger partial charge in [0.05, 0.1) is 10.9 Å². The zero-order chi connectivity index (χ0) is 27.6. The zero-order valence-corrected chi connectivity index (χ0v) is 21.7. The van der Waals surface area contributed by atoms with Gasteiger partial charge in [0.25, 0.3) is 5.56 Å². The van der Waals surface area contributed by atoms with Crippen molar-refractivity contribution in [2.45, 2.75) is 38.8 Å². The van der Waals surface area contributed by atoms with E-state index in [4.69, 9.17) is 4.74 Å². The molecular formula is C31H30N4O4. The number of aromatic amines is 1. The third-order valence-electron chi connectivity index (χ3n) is 6.24. The van der Waals surface area contributed by atoms with Gasteiger partial charge in [-0.15, -0.1) is 0 Å². The molecule has 0 amide bonds. The van der Waals surface area contributed by atoms with Gasteiger partial charge in [-0.25, -0.2) is 9.78 Å². The summed E-state index contributed by atoms with van der Waals surface area (Å²) in [6.07, 6.45) is 0.894. The van der Waals surface area contributed by atoms with Gasteiger partial charge in [-0.3, -0.25) is 4.79 Å². The van der Waals surface area contributed by atoms with Crippen LogP contribution in [-0.2, 0) is 22.6 Å². The minimum absolute atomic E-state index is 0.0930. The summed E-state index contributed by atoms with van der Waals surface area (Å²) in [5.74, 6) is -0.396. The van der Waals surface area contributed by atoms with Crippen molar-refractivity contribution < 1.29 is 14.6 Å². The maximum absolute atomic E-state index is 13.3. The monoisotopic (exact) mass is 522 g/mol. The Balaban J connectivity index is 1.71. The molecule has 0 radical (unpaired) electrons. The molecule has 0 saturated heterocycles. The maximum atomic E-state index is 13.3. The second-order valence-corrected chi connectivity index (χ2v) is 9.21. The van der Waals surface area contributed by atoms with E-state index in [-0.39, 0.29) is 36.6 Å². The van der Waals surface area contributed by atoms with Crippen LogP contribution >= 0.6 is 0 Å².